The number of hydrogen-bond acceptors (Lipinski definition) is 2. The molecular formula is C18H38N2O2. The van der Waals surface area contributed by atoms with Gasteiger partial charge >= 0.3 is 6.03 Å². The molecule has 0 radical (unpaired) electrons. The van der Waals surface area contributed by atoms with Gasteiger partial charge in [0.25, 0.3) is 0 Å². The third kappa shape index (κ3) is 17.3. The molecule has 132 valence electrons. The number of unbranched alkanes of at least 4 members (excludes halogenated alkanes) is 13. The highest BCUT2D eigenvalue weighted by molar-refractivity contribution is 5.73. The maximum absolute atomic E-state index is 11.0. The van der Waals surface area contributed by atoms with Crippen molar-refractivity contribution in [2.24, 2.45) is 0 Å². The van der Waals surface area contributed by atoms with Gasteiger partial charge in [0.1, 0.15) is 6.73 Å². The van der Waals surface area contributed by atoms with E-state index in [1.54, 1.807) is 0 Å². The summed E-state index contributed by atoms with van der Waals surface area (Å²) in [6.07, 6.45) is 18.8. The highest BCUT2D eigenvalue weighted by Gasteiger charge is 1.97. The van der Waals surface area contributed by atoms with Crippen LogP contribution in [0.2, 0.25) is 0 Å². The summed E-state index contributed by atoms with van der Waals surface area (Å²) >= 11 is 0. The van der Waals surface area contributed by atoms with Gasteiger partial charge in [0.2, 0.25) is 0 Å². The Morgan fingerprint density at radius 1 is 0.682 bits per heavy atom. The maximum atomic E-state index is 11.0. The smallest absolute Gasteiger partial charge is 0.316 e. The molecule has 3 N–H and O–H groups in total. The molecule has 2 amide bonds. The summed E-state index contributed by atoms with van der Waals surface area (Å²) in [5, 5.41) is 13.5. The Morgan fingerprint density at radius 2 is 1.09 bits per heavy atom. The number of carbonyl (C=O) groups excluding carboxylic acids is 1. The second-order valence-electron chi connectivity index (χ2n) is 6.19. The first-order valence-electron chi connectivity index (χ1n) is 9.43. The normalized spacial score (nSPS) is 10.6. The SMILES string of the molecule is CCCCCCCCCCCCCCCCNC(=O)NCO. The molecule has 0 aromatic rings. The number of nitrogens with one attached hydrogen (secondary N) is 2. The van der Waals surface area contributed by atoms with E-state index in [-0.39, 0.29) is 12.8 Å². The molecule has 0 saturated carbocycles. The van der Waals surface area contributed by atoms with Crippen molar-refractivity contribution < 1.29 is 9.90 Å². The van der Waals surface area contributed by atoms with E-state index in [0.29, 0.717) is 6.54 Å². The molecule has 0 unspecified atom stereocenters. The number of aliphatic hydroxyl groups excluding tert-OH is 1. The minimum atomic E-state index is -0.301. The molecule has 0 atom stereocenters. The first-order chi connectivity index (χ1) is 10.8. The monoisotopic (exact) mass is 314 g/mol. The maximum Gasteiger partial charge on any atom is 0.316 e. The van der Waals surface area contributed by atoms with Crippen LogP contribution in [0.1, 0.15) is 96.8 Å². The van der Waals surface area contributed by atoms with Crippen LogP contribution in [0.5, 0.6) is 0 Å². The van der Waals surface area contributed by atoms with Gasteiger partial charge < -0.3 is 15.7 Å². The van der Waals surface area contributed by atoms with Crippen molar-refractivity contribution in [3.8, 4) is 0 Å². The lowest BCUT2D eigenvalue weighted by molar-refractivity contribution is 0.217. The molecule has 0 aliphatic carbocycles. The van der Waals surface area contributed by atoms with Crippen LogP contribution in [-0.2, 0) is 0 Å². The lowest BCUT2D eigenvalue weighted by atomic mass is 10.0. The van der Waals surface area contributed by atoms with E-state index < -0.39 is 0 Å². The quantitative estimate of drug-likeness (QED) is 0.285. The molecule has 0 aliphatic heterocycles. The van der Waals surface area contributed by atoms with E-state index in [0.717, 1.165) is 6.42 Å². The van der Waals surface area contributed by atoms with Gasteiger partial charge in [-0.15, -0.1) is 0 Å². The van der Waals surface area contributed by atoms with E-state index in [9.17, 15) is 4.79 Å². The van der Waals surface area contributed by atoms with Crippen molar-refractivity contribution >= 4 is 6.03 Å². The van der Waals surface area contributed by atoms with Crippen molar-refractivity contribution in [3.63, 3.8) is 0 Å². The van der Waals surface area contributed by atoms with Crippen LogP contribution in [0, 0.1) is 0 Å². The fourth-order valence-electron chi connectivity index (χ4n) is 2.66. The van der Waals surface area contributed by atoms with Crippen molar-refractivity contribution in [1.29, 1.82) is 0 Å². The number of rotatable bonds is 16. The van der Waals surface area contributed by atoms with Gasteiger partial charge in [-0.1, -0.05) is 90.4 Å². The summed E-state index contributed by atoms with van der Waals surface area (Å²) in [5.41, 5.74) is 0. The van der Waals surface area contributed by atoms with Crippen molar-refractivity contribution in [2.45, 2.75) is 96.8 Å². The average Bonchev–Trinajstić information content (AvgIpc) is 2.51. The summed E-state index contributed by atoms with van der Waals surface area (Å²) in [6.45, 7) is 2.67. The van der Waals surface area contributed by atoms with Crippen LogP contribution >= 0.6 is 0 Å². The lowest BCUT2D eigenvalue weighted by Crippen LogP contribution is -2.36. The third-order valence-electron chi connectivity index (χ3n) is 4.06. The van der Waals surface area contributed by atoms with Crippen LogP contribution in [0.3, 0.4) is 0 Å². The van der Waals surface area contributed by atoms with E-state index in [1.165, 1.54) is 83.5 Å². The summed E-state index contributed by atoms with van der Waals surface area (Å²) in [5.74, 6) is 0. The topological polar surface area (TPSA) is 61.4 Å². The Balaban J connectivity index is 3.01. The standard InChI is InChI=1S/C18H38N2O2/c1-2-3-4-5-6-7-8-9-10-11-12-13-14-15-16-19-18(22)20-17-21/h21H,2-17H2,1H3,(H2,19,20,22). The van der Waals surface area contributed by atoms with Crippen molar-refractivity contribution in [3.05, 3.63) is 0 Å². The molecule has 0 spiro atoms. The number of carbonyl (C=O) groups is 1. The molecule has 0 aromatic carbocycles. The summed E-state index contributed by atoms with van der Waals surface area (Å²) in [7, 11) is 0. The molecule has 22 heavy (non-hydrogen) atoms. The highest BCUT2D eigenvalue weighted by atomic mass is 16.3. The van der Waals surface area contributed by atoms with Gasteiger partial charge in [-0.3, -0.25) is 0 Å². The van der Waals surface area contributed by atoms with Crippen molar-refractivity contribution in [1.82, 2.24) is 10.6 Å². The van der Waals surface area contributed by atoms with E-state index in [2.05, 4.69) is 17.6 Å². The van der Waals surface area contributed by atoms with Crippen LogP contribution in [-0.4, -0.2) is 24.4 Å². The molecule has 0 heterocycles. The summed E-state index contributed by atoms with van der Waals surface area (Å²) in [4.78, 5) is 11.0. The first kappa shape index (κ1) is 21.2. The molecular weight excluding hydrogens is 276 g/mol. The fourth-order valence-corrected chi connectivity index (χ4v) is 2.66. The van der Waals surface area contributed by atoms with Crippen molar-refractivity contribution in [2.75, 3.05) is 13.3 Å². The van der Waals surface area contributed by atoms with Gasteiger partial charge in [-0.05, 0) is 6.42 Å². The predicted molar refractivity (Wildman–Crippen MR) is 93.9 cm³/mol. The molecule has 0 saturated heterocycles. The molecule has 0 aliphatic rings. The fraction of sp³-hybridized carbons (Fsp3) is 0.944. The first-order valence-corrected chi connectivity index (χ1v) is 9.43. The Kier molecular flexibility index (Phi) is 17.6. The molecule has 0 bridgehead atoms. The molecule has 4 nitrogen and oxygen atoms in total. The van der Waals surface area contributed by atoms with Crippen LogP contribution in [0.15, 0.2) is 0 Å². The number of aliphatic hydroxyl groups is 1. The number of hydrogen-bond donors (Lipinski definition) is 3. The molecule has 0 aromatic heterocycles. The average molecular weight is 315 g/mol. The molecule has 0 rings (SSSR count). The minimum Gasteiger partial charge on any atom is -0.376 e. The predicted octanol–water partition coefficient (Wildman–Crippen LogP) is 4.72. The Hall–Kier alpha value is -0.770. The summed E-state index contributed by atoms with van der Waals surface area (Å²) < 4.78 is 0. The van der Waals surface area contributed by atoms with Gasteiger partial charge in [-0.2, -0.15) is 0 Å². The van der Waals surface area contributed by atoms with Gasteiger partial charge in [-0.25, -0.2) is 4.79 Å². The second kappa shape index (κ2) is 18.3. The zero-order valence-electron chi connectivity index (χ0n) is 14.7. The number of amides is 2. The zero-order chi connectivity index (χ0) is 16.3. The van der Waals surface area contributed by atoms with E-state index in [4.69, 9.17) is 5.11 Å². The minimum absolute atomic E-state index is 0.280. The Bertz CT molecular complexity index is 235. The van der Waals surface area contributed by atoms with E-state index in [1.807, 2.05) is 0 Å². The zero-order valence-corrected chi connectivity index (χ0v) is 14.7. The highest BCUT2D eigenvalue weighted by Crippen LogP contribution is 2.12. The third-order valence-corrected chi connectivity index (χ3v) is 4.06. The molecule has 4 heteroatoms. The van der Waals surface area contributed by atoms with Crippen LogP contribution in [0.25, 0.3) is 0 Å². The lowest BCUT2D eigenvalue weighted by Gasteiger charge is -2.05. The Labute approximate surface area is 137 Å². The van der Waals surface area contributed by atoms with Gasteiger partial charge in [0.15, 0.2) is 0 Å². The Morgan fingerprint density at radius 3 is 1.50 bits per heavy atom. The second-order valence-corrected chi connectivity index (χ2v) is 6.19. The van der Waals surface area contributed by atoms with E-state index >= 15 is 0 Å². The largest absolute Gasteiger partial charge is 0.376 e. The number of urea groups is 1. The van der Waals surface area contributed by atoms with Gasteiger partial charge in [0, 0.05) is 6.54 Å². The summed E-state index contributed by atoms with van der Waals surface area (Å²) in [6, 6.07) is -0.280. The molecule has 0 fully saturated rings. The van der Waals surface area contributed by atoms with Crippen LogP contribution in [0.4, 0.5) is 4.79 Å². The van der Waals surface area contributed by atoms with Gasteiger partial charge in [0.05, 0.1) is 0 Å². The van der Waals surface area contributed by atoms with Crippen LogP contribution < -0.4 is 10.6 Å².